The number of benzene rings is 1. The van der Waals surface area contributed by atoms with E-state index in [4.69, 9.17) is 34.8 Å². The lowest BCUT2D eigenvalue weighted by molar-refractivity contribution is -0.117. The molecular formula is C10H8Cl3NO. The molecule has 1 aromatic rings. The zero-order valence-electron chi connectivity index (χ0n) is 7.64. The normalized spacial score (nSPS) is 22.2. The van der Waals surface area contributed by atoms with Gasteiger partial charge >= 0.3 is 0 Å². The summed E-state index contributed by atoms with van der Waals surface area (Å²) in [4.78, 5) is 11.6. The van der Waals surface area contributed by atoms with E-state index >= 15 is 0 Å². The fraction of sp³-hybridized carbons (Fsp3) is 0.300. The SMILES string of the molecule is O=C(Nc1ccc(Cl)cc1)[C@H]1CC1(Cl)Cl. The first-order valence-corrected chi connectivity index (χ1v) is 5.57. The molecule has 15 heavy (non-hydrogen) atoms. The lowest BCUT2D eigenvalue weighted by Gasteiger charge is -2.04. The number of halogens is 3. The molecule has 0 saturated heterocycles. The Bertz CT molecular complexity index is 388. The van der Waals surface area contributed by atoms with Crippen molar-refractivity contribution < 1.29 is 4.79 Å². The van der Waals surface area contributed by atoms with E-state index in [2.05, 4.69) is 5.32 Å². The van der Waals surface area contributed by atoms with Crippen molar-refractivity contribution in [2.45, 2.75) is 10.8 Å². The third kappa shape index (κ3) is 2.57. The summed E-state index contributed by atoms with van der Waals surface area (Å²) >= 11 is 17.3. The Morgan fingerprint density at radius 2 is 1.87 bits per heavy atom. The van der Waals surface area contributed by atoms with Crippen molar-refractivity contribution >= 4 is 46.4 Å². The van der Waals surface area contributed by atoms with Crippen LogP contribution in [0.15, 0.2) is 24.3 Å². The predicted molar refractivity (Wildman–Crippen MR) is 62.6 cm³/mol. The summed E-state index contributed by atoms with van der Waals surface area (Å²) in [7, 11) is 0. The number of carbonyl (C=O) groups excluding carboxylic acids is 1. The monoisotopic (exact) mass is 263 g/mol. The largest absolute Gasteiger partial charge is 0.326 e. The highest BCUT2D eigenvalue weighted by atomic mass is 35.5. The average Bonchev–Trinajstić information content (AvgIpc) is 2.79. The van der Waals surface area contributed by atoms with Crippen LogP contribution in [0.25, 0.3) is 0 Å². The topological polar surface area (TPSA) is 29.1 Å². The molecule has 5 heteroatoms. The van der Waals surface area contributed by atoms with Gasteiger partial charge in [0.1, 0.15) is 4.33 Å². The van der Waals surface area contributed by atoms with Crippen molar-refractivity contribution in [3.05, 3.63) is 29.3 Å². The quantitative estimate of drug-likeness (QED) is 0.814. The average molecular weight is 265 g/mol. The van der Waals surface area contributed by atoms with Gasteiger partial charge in [0, 0.05) is 10.7 Å². The minimum Gasteiger partial charge on any atom is -0.326 e. The first kappa shape index (κ1) is 11.1. The molecule has 1 aromatic carbocycles. The lowest BCUT2D eigenvalue weighted by atomic mass is 10.3. The number of amides is 1. The fourth-order valence-electron chi connectivity index (χ4n) is 1.26. The molecule has 0 aliphatic heterocycles. The number of nitrogens with one attached hydrogen (secondary N) is 1. The van der Waals surface area contributed by atoms with E-state index in [1.165, 1.54) is 0 Å². The first-order chi connectivity index (χ1) is 6.99. The van der Waals surface area contributed by atoms with Gasteiger partial charge in [0.15, 0.2) is 0 Å². The summed E-state index contributed by atoms with van der Waals surface area (Å²) in [5.74, 6) is -0.459. The Hall–Kier alpha value is -0.440. The molecule has 2 nitrogen and oxygen atoms in total. The maximum Gasteiger partial charge on any atom is 0.230 e. The van der Waals surface area contributed by atoms with Crippen molar-refractivity contribution in [1.29, 1.82) is 0 Å². The van der Waals surface area contributed by atoms with Crippen LogP contribution in [0.1, 0.15) is 6.42 Å². The van der Waals surface area contributed by atoms with Gasteiger partial charge in [-0.15, -0.1) is 23.2 Å². The van der Waals surface area contributed by atoms with Gasteiger partial charge < -0.3 is 5.32 Å². The Balaban J connectivity index is 1.98. The molecule has 0 radical (unpaired) electrons. The lowest BCUT2D eigenvalue weighted by Crippen LogP contribution is -2.16. The summed E-state index contributed by atoms with van der Waals surface area (Å²) in [5, 5.41) is 3.35. The van der Waals surface area contributed by atoms with Crippen molar-refractivity contribution in [2.75, 3.05) is 5.32 Å². The number of hydrogen-bond donors (Lipinski definition) is 1. The predicted octanol–water partition coefficient (Wildman–Crippen LogP) is 3.47. The van der Waals surface area contributed by atoms with Crippen LogP contribution < -0.4 is 5.32 Å². The molecule has 1 aliphatic rings. The van der Waals surface area contributed by atoms with E-state index < -0.39 is 4.33 Å². The van der Waals surface area contributed by atoms with Crippen LogP contribution in [0.5, 0.6) is 0 Å². The van der Waals surface area contributed by atoms with Crippen LogP contribution in [0, 0.1) is 5.92 Å². The molecule has 1 fully saturated rings. The van der Waals surface area contributed by atoms with Gasteiger partial charge in [-0.2, -0.15) is 0 Å². The number of anilines is 1. The Morgan fingerprint density at radius 1 is 1.33 bits per heavy atom. The highest BCUT2D eigenvalue weighted by Gasteiger charge is 2.56. The Morgan fingerprint density at radius 3 is 2.33 bits per heavy atom. The zero-order valence-corrected chi connectivity index (χ0v) is 9.90. The van der Waals surface area contributed by atoms with Crippen molar-refractivity contribution in [3.63, 3.8) is 0 Å². The van der Waals surface area contributed by atoms with Crippen LogP contribution >= 0.6 is 34.8 Å². The molecular weight excluding hydrogens is 256 g/mol. The van der Waals surface area contributed by atoms with Crippen LogP contribution in [-0.2, 0) is 4.79 Å². The Kier molecular flexibility index (Phi) is 2.84. The van der Waals surface area contributed by atoms with Gasteiger partial charge in [-0.25, -0.2) is 0 Å². The van der Waals surface area contributed by atoms with Crippen molar-refractivity contribution in [1.82, 2.24) is 0 Å². The molecule has 1 saturated carbocycles. The maximum atomic E-state index is 11.6. The fourth-order valence-corrected chi connectivity index (χ4v) is 1.89. The van der Waals surface area contributed by atoms with E-state index in [-0.39, 0.29) is 11.8 Å². The Labute approximate surface area is 103 Å². The third-order valence-electron chi connectivity index (χ3n) is 2.25. The molecule has 80 valence electrons. The van der Waals surface area contributed by atoms with Crippen LogP contribution in [0.4, 0.5) is 5.69 Å². The van der Waals surface area contributed by atoms with E-state index in [9.17, 15) is 4.79 Å². The molecule has 1 amide bonds. The second kappa shape index (κ2) is 3.85. The minimum atomic E-state index is -0.878. The van der Waals surface area contributed by atoms with E-state index in [1.807, 2.05) is 0 Å². The number of rotatable bonds is 2. The third-order valence-corrected chi connectivity index (χ3v) is 3.34. The van der Waals surface area contributed by atoms with Gasteiger partial charge in [-0.05, 0) is 30.7 Å². The van der Waals surface area contributed by atoms with Crippen LogP contribution in [0.2, 0.25) is 5.02 Å². The zero-order chi connectivity index (χ0) is 11.1. The van der Waals surface area contributed by atoms with Crippen molar-refractivity contribution in [2.24, 2.45) is 5.92 Å². The summed E-state index contributed by atoms with van der Waals surface area (Å²) in [6, 6.07) is 6.87. The molecule has 1 N–H and O–H groups in total. The van der Waals surface area contributed by atoms with Gasteiger partial charge in [0.05, 0.1) is 5.92 Å². The molecule has 0 unspecified atom stereocenters. The summed E-state index contributed by atoms with van der Waals surface area (Å²) < 4.78 is -0.878. The standard InChI is InChI=1S/C10H8Cl3NO/c11-6-1-3-7(4-2-6)14-9(15)8-5-10(8,12)13/h1-4,8H,5H2,(H,14,15)/t8-/m1/s1. The maximum absolute atomic E-state index is 11.6. The first-order valence-electron chi connectivity index (χ1n) is 4.43. The van der Waals surface area contributed by atoms with E-state index in [0.717, 1.165) is 0 Å². The molecule has 2 rings (SSSR count). The molecule has 1 aliphatic carbocycles. The number of hydrogen-bond acceptors (Lipinski definition) is 1. The molecule has 0 aromatic heterocycles. The van der Waals surface area contributed by atoms with Gasteiger partial charge in [-0.3, -0.25) is 4.79 Å². The number of alkyl halides is 2. The van der Waals surface area contributed by atoms with E-state index in [0.29, 0.717) is 17.1 Å². The highest BCUT2D eigenvalue weighted by Crippen LogP contribution is 2.53. The van der Waals surface area contributed by atoms with Gasteiger partial charge in [0.25, 0.3) is 0 Å². The smallest absolute Gasteiger partial charge is 0.230 e. The molecule has 1 atom stereocenters. The summed E-state index contributed by atoms with van der Waals surface area (Å²) in [6.07, 6.45) is 0.509. The summed E-state index contributed by atoms with van der Waals surface area (Å²) in [6.45, 7) is 0. The van der Waals surface area contributed by atoms with Gasteiger partial charge in [-0.1, -0.05) is 11.6 Å². The van der Waals surface area contributed by atoms with Gasteiger partial charge in [0.2, 0.25) is 5.91 Å². The summed E-state index contributed by atoms with van der Waals surface area (Å²) in [5.41, 5.74) is 0.695. The van der Waals surface area contributed by atoms with Crippen LogP contribution in [0.3, 0.4) is 0 Å². The van der Waals surface area contributed by atoms with Crippen LogP contribution in [-0.4, -0.2) is 10.2 Å². The minimum absolute atomic E-state index is 0.151. The second-order valence-corrected chi connectivity index (χ2v) is 5.49. The molecule has 0 heterocycles. The molecule has 0 spiro atoms. The van der Waals surface area contributed by atoms with Crippen molar-refractivity contribution in [3.8, 4) is 0 Å². The highest BCUT2D eigenvalue weighted by molar-refractivity contribution is 6.52. The number of carbonyl (C=O) groups is 1. The second-order valence-electron chi connectivity index (χ2n) is 3.51. The molecule has 0 bridgehead atoms. The van der Waals surface area contributed by atoms with E-state index in [1.54, 1.807) is 24.3 Å².